The van der Waals surface area contributed by atoms with E-state index in [0.29, 0.717) is 0 Å². The van der Waals surface area contributed by atoms with Gasteiger partial charge >= 0.3 is 0 Å². The minimum absolute atomic E-state index is 0.0764. The van der Waals surface area contributed by atoms with Crippen LogP contribution in [0, 0.1) is 0 Å². The molecule has 0 radical (unpaired) electrons. The van der Waals surface area contributed by atoms with Crippen molar-refractivity contribution < 1.29 is 4.79 Å². The van der Waals surface area contributed by atoms with Crippen LogP contribution in [0.15, 0.2) is 32.8 Å². The summed E-state index contributed by atoms with van der Waals surface area (Å²) in [6.45, 7) is 1.57. The summed E-state index contributed by atoms with van der Waals surface area (Å²) in [5.74, 6) is 0.0764. The number of hydrogen-bond donors (Lipinski definition) is 0. The van der Waals surface area contributed by atoms with Gasteiger partial charge in [-0.25, -0.2) is 0 Å². The predicted molar refractivity (Wildman–Crippen MR) is 67.0 cm³/mol. The molecule has 0 aromatic heterocycles. The van der Waals surface area contributed by atoms with E-state index in [2.05, 4.69) is 38.5 Å². The fourth-order valence-electron chi connectivity index (χ4n) is 1.05. The Labute approximate surface area is 99.5 Å². The quantitative estimate of drug-likeness (QED) is 0.586. The van der Waals surface area contributed by atoms with E-state index in [4.69, 9.17) is 0 Å². The fraction of sp³-hybridized carbons (Fsp3) is 0.100. The molecular weight excluding hydrogens is 343 g/mol. The predicted octanol–water partition coefficient (Wildman–Crippen LogP) is 3.77. The van der Waals surface area contributed by atoms with E-state index in [1.807, 2.05) is 30.3 Å². The maximum atomic E-state index is 11.3. The standard InChI is InChI=1S/C10H8BrIO/c1-7(13)9(10(11)12)8-5-3-2-4-6-8/h2-6H,1H3/b10-9-. The first-order valence-corrected chi connectivity index (χ1v) is 5.61. The summed E-state index contributed by atoms with van der Waals surface area (Å²) in [6, 6.07) is 9.63. The summed E-state index contributed by atoms with van der Waals surface area (Å²) in [5, 5.41) is 0. The number of allylic oxidation sites excluding steroid dienone is 1. The number of rotatable bonds is 2. The summed E-state index contributed by atoms with van der Waals surface area (Å²) in [4.78, 5) is 11.3. The lowest BCUT2D eigenvalue weighted by molar-refractivity contribution is -0.111. The van der Waals surface area contributed by atoms with Gasteiger partial charge in [-0.3, -0.25) is 4.79 Å². The summed E-state index contributed by atoms with van der Waals surface area (Å²) < 4.78 is 0.851. The molecule has 1 nitrogen and oxygen atoms in total. The lowest BCUT2D eigenvalue weighted by Crippen LogP contribution is -1.95. The highest BCUT2D eigenvalue weighted by molar-refractivity contribution is 14.1. The first kappa shape index (κ1) is 10.9. The van der Waals surface area contributed by atoms with Gasteiger partial charge in [0, 0.05) is 5.57 Å². The van der Waals surface area contributed by atoms with Crippen LogP contribution in [0.1, 0.15) is 12.5 Å². The summed E-state index contributed by atoms with van der Waals surface area (Å²) in [6.07, 6.45) is 0. The highest BCUT2D eigenvalue weighted by Crippen LogP contribution is 2.28. The average Bonchev–Trinajstić information content (AvgIpc) is 2.04. The van der Waals surface area contributed by atoms with Crippen molar-refractivity contribution in [2.24, 2.45) is 0 Å². The van der Waals surface area contributed by atoms with Crippen molar-refractivity contribution in [2.45, 2.75) is 6.92 Å². The maximum Gasteiger partial charge on any atom is 0.162 e. The van der Waals surface area contributed by atoms with Gasteiger partial charge in [-0.05, 0) is 51.0 Å². The summed E-state index contributed by atoms with van der Waals surface area (Å²) in [7, 11) is 0. The van der Waals surface area contributed by atoms with Crippen molar-refractivity contribution in [3.8, 4) is 0 Å². The van der Waals surface area contributed by atoms with Gasteiger partial charge in [-0.1, -0.05) is 30.3 Å². The molecule has 0 aliphatic rings. The van der Waals surface area contributed by atoms with E-state index < -0.39 is 0 Å². The van der Waals surface area contributed by atoms with Crippen molar-refractivity contribution in [1.29, 1.82) is 0 Å². The molecule has 68 valence electrons. The Morgan fingerprint density at radius 1 is 1.31 bits per heavy atom. The highest BCUT2D eigenvalue weighted by Gasteiger charge is 2.09. The van der Waals surface area contributed by atoms with E-state index >= 15 is 0 Å². The molecule has 1 aromatic carbocycles. The van der Waals surface area contributed by atoms with E-state index in [1.165, 1.54) is 0 Å². The van der Waals surface area contributed by atoms with Crippen molar-refractivity contribution in [1.82, 2.24) is 0 Å². The molecule has 3 heteroatoms. The minimum Gasteiger partial charge on any atom is -0.294 e. The molecule has 0 unspecified atom stereocenters. The smallest absolute Gasteiger partial charge is 0.162 e. The molecule has 0 aliphatic heterocycles. The molecule has 1 rings (SSSR count). The van der Waals surface area contributed by atoms with Crippen LogP contribution < -0.4 is 0 Å². The third-order valence-electron chi connectivity index (χ3n) is 1.60. The van der Waals surface area contributed by atoms with E-state index in [-0.39, 0.29) is 5.78 Å². The molecule has 13 heavy (non-hydrogen) atoms. The number of carbonyl (C=O) groups excluding carboxylic acids is 1. The topological polar surface area (TPSA) is 17.1 Å². The summed E-state index contributed by atoms with van der Waals surface area (Å²) in [5.41, 5.74) is 1.69. The molecule has 0 fully saturated rings. The Morgan fingerprint density at radius 3 is 2.23 bits per heavy atom. The highest BCUT2D eigenvalue weighted by atomic mass is 127. The SMILES string of the molecule is CC(=O)/C(=C(\Br)I)c1ccccc1. The van der Waals surface area contributed by atoms with Crippen molar-refractivity contribution in [2.75, 3.05) is 0 Å². The largest absolute Gasteiger partial charge is 0.294 e. The molecule has 0 saturated carbocycles. The van der Waals surface area contributed by atoms with E-state index in [0.717, 1.165) is 13.6 Å². The second kappa shape index (κ2) is 4.91. The Hall–Kier alpha value is -0.160. The van der Waals surface area contributed by atoms with Crippen LogP contribution in [-0.4, -0.2) is 5.78 Å². The molecule has 0 spiro atoms. The Kier molecular flexibility index (Phi) is 4.12. The van der Waals surface area contributed by atoms with Gasteiger partial charge in [0.1, 0.15) is 0 Å². The number of benzene rings is 1. The van der Waals surface area contributed by atoms with Crippen molar-refractivity contribution in [3.05, 3.63) is 38.4 Å². The second-order valence-corrected chi connectivity index (χ2v) is 5.91. The van der Waals surface area contributed by atoms with Crippen LogP contribution in [-0.2, 0) is 4.79 Å². The molecular formula is C10H8BrIO. The van der Waals surface area contributed by atoms with Crippen molar-refractivity contribution in [3.63, 3.8) is 0 Å². The fourth-order valence-corrected chi connectivity index (χ4v) is 2.25. The lowest BCUT2D eigenvalue weighted by Gasteiger charge is -2.03. The maximum absolute atomic E-state index is 11.3. The van der Waals surface area contributed by atoms with Gasteiger partial charge in [-0.2, -0.15) is 0 Å². The van der Waals surface area contributed by atoms with Gasteiger partial charge in [0.2, 0.25) is 0 Å². The minimum atomic E-state index is 0.0764. The Bertz CT molecular complexity index is 339. The zero-order valence-corrected chi connectivity index (χ0v) is 10.8. The van der Waals surface area contributed by atoms with Crippen LogP contribution in [0.3, 0.4) is 0 Å². The van der Waals surface area contributed by atoms with Gasteiger partial charge < -0.3 is 0 Å². The Balaban J connectivity index is 3.20. The molecule has 0 aliphatic carbocycles. The molecule has 0 saturated heterocycles. The zero-order valence-electron chi connectivity index (χ0n) is 7.05. The van der Waals surface area contributed by atoms with E-state index in [9.17, 15) is 4.79 Å². The molecule has 0 bridgehead atoms. The van der Waals surface area contributed by atoms with E-state index in [1.54, 1.807) is 6.92 Å². The normalized spacial score (nSPS) is 12.2. The first-order chi connectivity index (χ1) is 6.13. The molecule has 0 N–H and O–H groups in total. The van der Waals surface area contributed by atoms with Gasteiger partial charge in [0.05, 0.1) is 2.49 Å². The number of Topliss-reactive ketones (excluding diaryl/α,β-unsaturated/α-hetero) is 1. The third kappa shape index (κ3) is 2.91. The average molecular weight is 351 g/mol. The molecule has 1 aromatic rings. The van der Waals surface area contributed by atoms with Crippen LogP contribution in [0.4, 0.5) is 0 Å². The molecule has 0 atom stereocenters. The van der Waals surface area contributed by atoms with Crippen LogP contribution >= 0.6 is 38.5 Å². The van der Waals surface area contributed by atoms with Crippen LogP contribution in [0.2, 0.25) is 0 Å². The van der Waals surface area contributed by atoms with Crippen LogP contribution in [0.25, 0.3) is 5.57 Å². The second-order valence-electron chi connectivity index (χ2n) is 2.56. The Morgan fingerprint density at radius 2 is 1.85 bits per heavy atom. The number of halogens is 2. The number of ketones is 1. The van der Waals surface area contributed by atoms with Gasteiger partial charge in [0.15, 0.2) is 5.78 Å². The van der Waals surface area contributed by atoms with Gasteiger partial charge in [0.25, 0.3) is 0 Å². The van der Waals surface area contributed by atoms with Crippen molar-refractivity contribution >= 4 is 49.9 Å². The summed E-state index contributed by atoms with van der Waals surface area (Å²) >= 11 is 5.42. The number of hydrogen-bond acceptors (Lipinski definition) is 1. The zero-order chi connectivity index (χ0) is 9.84. The molecule has 0 amide bonds. The van der Waals surface area contributed by atoms with Gasteiger partial charge in [-0.15, -0.1) is 0 Å². The third-order valence-corrected chi connectivity index (χ3v) is 2.54. The van der Waals surface area contributed by atoms with Crippen LogP contribution in [0.5, 0.6) is 0 Å². The molecule has 0 heterocycles. The number of carbonyl (C=O) groups is 1. The monoisotopic (exact) mass is 350 g/mol. The first-order valence-electron chi connectivity index (χ1n) is 3.74. The lowest BCUT2D eigenvalue weighted by atomic mass is 10.1.